The smallest absolute Gasteiger partial charge is 0.363 e. The number of aliphatic imine (C=N–C) groups is 1. The van der Waals surface area contributed by atoms with E-state index >= 15 is 0 Å². The molecule has 1 aromatic rings. The minimum atomic E-state index is -0.334. The molecule has 0 spiro atoms. The third-order valence-electron chi connectivity index (χ3n) is 5.02. The second-order valence-corrected chi connectivity index (χ2v) is 6.88. The summed E-state index contributed by atoms with van der Waals surface area (Å²) in [7, 11) is 0. The lowest BCUT2D eigenvalue weighted by Gasteiger charge is -2.27. The van der Waals surface area contributed by atoms with Crippen molar-refractivity contribution in [1.29, 1.82) is 0 Å². The molecule has 0 amide bonds. The standard InChI is InChI=1S/C21H27NO3/c1-3-5-15-6-10-17(11-7-15)20-22-19(21(23)25-20)14-16-8-12-18(13-9-16)24-4-2/h8-9,12-15,17H,3-7,10-11H2,1-2H3/b19-14+. The first-order chi connectivity index (χ1) is 12.2. The van der Waals surface area contributed by atoms with Crippen LogP contribution >= 0.6 is 0 Å². The van der Waals surface area contributed by atoms with E-state index in [1.165, 1.54) is 25.7 Å². The zero-order valence-corrected chi connectivity index (χ0v) is 15.2. The van der Waals surface area contributed by atoms with Crippen LogP contribution < -0.4 is 4.74 Å². The fourth-order valence-corrected chi connectivity index (χ4v) is 3.69. The van der Waals surface area contributed by atoms with Crippen LogP contribution in [0.1, 0.15) is 57.9 Å². The maximum absolute atomic E-state index is 12.1. The van der Waals surface area contributed by atoms with Crippen molar-refractivity contribution in [2.24, 2.45) is 16.8 Å². The molecule has 1 aliphatic carbocycles. The number of hydrogen-bond acceptors (Lipinski definition) is 4. The van der Waals surface area contributed by atoms with Crippen LogP contribution in [0.3, 0.4) is 0 Å². The molecule has 1 heterocycles. The number of benzene rings is 1. The van der Waals surface area contributed by atoms with E-state index in [4.69, 9.17) is 9.47 Å². The average molecular weight is 341 g/mol. The zero-order valence-electron chi connectivity index (χ0n) is 15.2. The van der Waals surface area contributed by atoms with Crippen molar-refractivity contribution in [1.82, 2.24) is 0 Å². The van der Waals surface area contributed by atoms with Crippen LogP contribution in [0, 0.1) is 11.8 Å². The monoisotopic (exact) mass is 341 g/mol. The Morgan fingerprint density at radius 2 is 1.88 bits per heavy atom. The van der Waals surface area contributed by atoms with Gasteiger partial charge in [0, 0.05) is 5.92 Å². The molecular formula is C21H27NO3. The van der Waals surface area contributed by atoms with Gasteiger partial charge in [-0.2, -0.15) is 0 Å². The molecule has 0 unspecified atom stereocenters. The van der Waals surface area contributed by atoms with Crippen LogP contribution in [0.4, 0.5) is 0 Å². The lowest BCUT2D eigenvalue weighted by atomic mass is 9.80. The molecule has 1 aliphatic heterocycles. The molecule has 0 radical (unpaired) electrons. The molecule has 0 N–H and O–H groups in total. The van der Waals surface area contributed by atoms with Crippen LogP contribution in [-0.4, -0.2) is 18.5 Å². The van der Waals surface area contributed by atoms with Gasteiger partial charge in [0.25, 0.3) is 0 Å². The summed E-state index contributed by atoms with van der Waals surface area (Å²) < 4.78 is 10.9. The molecule has 0 aromatic heterocycles. The lowest BCUT2D eigenvalue weighted by Crippen LogP contribution is -2.22. The fraction of sp³-hybridized carbons (Fsp3) is 0.524. The van der Waals surface area contributed by atoms with Crippen LogP contribution in [0.25, 0.3) is 6.08 Å². The average Bonchev–Trinajstić information content (AvgIpc) is 2.98. The highest BCUT2D eigenvalue weighted by atomic mass is 16.6. The number of esters is 1. The lowest BCUT2D eigenvalue weighted by molar-refractivity contribution is -0.130. The van der Waals surface area contributed by atoms with Gasteiger partial charge < -0.3 is 9.47 Å². The normalized spacial score (nSPS) is 25.0. The van der Waals surface area contributed by atoms with Gasteiger partial charge in [0.05, 0.1) is 6.61 Å². The second kappa shape index (κ2) is 8.32. The molecule has 1 aromatic carbocycles. The molecule has 0 bridgehead atoms. The van der Waals surface area contributed by atoms with E-state index in [1.54, 1.807) is 6.08 Å². The predicted octanol–water partition coefficient (Wildman–Crippen LogP) is 4.99. The fourth-order valence-electron chi connectivity index (χ4n) is 3.69. The number of nitrogens with zero attached hydrogens (tertiary/aromatic N) is 1. The van der Waals surface area contributed by atoms with Crippen LogP contribution in [-0.2, 0) is 9.53 Å². The molecule has 3 rings (SSSR count). The van der Waals surface area contributed by atoms with E-state index < -0.39 is 0 Å². The van der Waals surface area contributed by atoms with Gasteiger partial charge in [-0.25, -0.2) is 9.79 Å². The van der Waals surface area contributed by atoms with Gasteiger partial charge in [-0.1, -0.05) is 31.9 Å². The topological polar surface area (TPSA) is 47.9 Å². The van der Waals surface area contributed by atoms with Crippen LogP contribution in [0.5, 0.6) is 5.75 Å². The Bertz CT molecular complexity index is 652. The molecule has 4 nitrogen and oxygen atoms in total. The van der Waals surface area contributed by atoms with Crippen molar-refractivity contribution in [3.8, 4) is 5.75 Å². The van der Waals surface area contributed by atoms with Crippen LogP contribution in [0.15, 0.2) is 35.0 Å². The highest BCUT2D eigenvalue weighted by Crippen LogP contribution is 2.34. The first kappa shape index (κ1) is 17.7. The van der Waals surface area contributed by atoms with Crippen molar-refractivity contribution < 1.29 is 14.3 Å². The number of ether oxygens (including phenoxy) is 2. The third-order valence-corrected chi connectivity index (χ3v) is 5.02. The van der Waals surface area contributed by atoms with Crippen molar-refractivity contribution in [3.63, 3.8) is 0 Å². The zero-order chi connectivity index (χ0) is 17.6. The molecule has 2 aliphatic rings. The number of carbonyl (C=O) groups is 1. The maximum atomic E-state index is 12.1. The predicted molar refractivity (Wildman–Crippen MR) is 99.5 cm³/mol. The highest BCUT2D eigenvalue weighted by molar-refractivity contribution is 6.07. The van der Waals surface area contributed by atoms with Gasteiger partial charge in [0.2, 0.25) is 5.90 Å². The summed E-state index contributed by atoms with van der Waals surface area (Å²) in [5.41, 5.74) is 1.32. The van der Waals surface area contributed by atoms with E-state index in [0.29, 0.717) is 24.1 Å². The number of cyclic esters (lactones) is 1. The van der Waals surface area contributed by atoms with Gasteiger partial charge in [-0.3, -0.25) is 0 Å². The highest BCUT2D eigenvalue weighted by Gasteiger charge is 2.32. The largest absolute Gasteiger partial charge is 0.494 e. The van der Waals surface area contributed by atoms with E-state index in [-0.39, 0.29) is 5.97 Å². The molecule has 0 atom stereocenters. The van der Waals surface area contributed by atoms with E-state index in [2.05, 4.69) is 11.9 Å². The van der Waals surface area contributed by atoms with Gasteiger partial charge in [0.15, 0.2) is 5.70 Å². The van der Waals surface area contributed by atoms with Gasteiger partial charge >= 0.3 is 5.97 Å². The third kappa shape index (κ3) is 4.50. The summed E-state index contributed by atoms with van der Waals surface area (Å²) in [6.07, 6.45) is 8.93. The van der Waals surface area contributed by atoms with Gasteiger partial charge in [-0.05, 0) is 62.3 Å². The summed E-state index contributed by atoms with van der Waals surface area (Å²) >= 11 is 0. The van der Waals surface area contributed by atoms with Crippen molar-refractivity contribution >= 4 is 17.9 Å². The van der Waals surface area contributed by atoms with Crippen molar-refractivity contribution in [2.45, 2.75) is 52.4 Å². The van der Waals surface area contributed by atoms with Crippen LogP contribution in [0.2, 0.25) is 0 Å². The Morgan fingerprint density at radius 1 is 1.16 bits per heavy atom. The molecule has 134 valence electrons. The maximum Gasteiger partial charge on any atom is 0.363 e. The summed E-state index contributed by atoms with van der Waals surface area (Å²) in [5, 5.41) is 0. The van der Waals surface area contributed by atoms with E-state index in [0.717, 1.165) is 30.1 Å². The molecule has 0 saturated heterocycles. The molecule has 1 fully saturated rings. The molecule has 1 saturated carbocycles. The Hall–Kier alpha value is -2.10. The molecule has 4 heteroatoms. The van der Waals surface area contributed by atoms with Crippen molar-refractivity contribution in [3.05, 3.63) is 35.5 Å². The first-order valence-electron chi connectivity index (χ1n) is 9.45. The minimum Gasteiger partial charge on any atom is -0.494 e. The Balaban J connectivity index is 1.66. The first-order valence-corrected chi connectivity index (χ1v) is 9.45. The molecule has 25 heavy (non-hydrogen) atoms. The summed E-state index contributed by atoms with van der Waals surface area (Å²) in [6.45, 7) is 4.84. The van der Waals surface area contributed by atoms with Crippen molar-refractivity contribution in [2.75, 3.05) is 6.61 Å². The Morgan fingerprint density at radius 3 is 2.52 bits per heavy atom. The number of rotatable bonds is 6. The SMILES string of the molecule is CCCC1CCC(C2=N/C(=C/c3ccc(OCC)cc3)C(=O)O2)CC1. The Kier molecular flexibility index (Phi) is 5.90. The van der Waals surface area contributed by atoms with E-state index in [1.807, 2.05) is 31.2 Å². The Labute approximate surface area is 149 Å². The second-order valence-electron chi connectivity index (χ2n) is 6.88. The van der Waals surface area contributed by atoms with E-state index in [9.17, 15) is 4.79 Å². The summed E-state index contributed by atoms with van der Waals surface area (Å²) in [4.78, 5) is 16.6. The van der Waals surface area contributed by atoms with Gasteiger partial charge in [-0.15, -0.1) is 0 Å². The van der Waals surface area contributed by atoms with Gasteiger partial charge in [0.1, 0.15) is 5.75 Å². The minimum absolute atomic E-state index is 0.295. The summed E-state index contributed by atoms with van der Waals surface area (Å²) in [6, 6.07) is 7.65. The summed E-state index contributed by atoms with van der Waals surface area (Å²) in [5.74, 6) is 2.24. The number of hydrogen-bond donors (Lipinski definition) is 0. The number of carbonyl (C=O) groups excluding carboxylic acids is 1. The molecular weight excluding hydrogens is 314 g/mol. The quantitative estimate of drug-likeness (QED) is 0.541.